The third-order valence-electron chi connectivity index (χ3n) is 1.26. The molecule has 4 aromatic heterocycles. The SMILES string of the molecule is c1cnoc1.c1cocn1.c1conn1.c1csnn1. The number of hydrogen-bond donors (Lipinski definition) is 0. The van der Waals surface area contributed by atoms with Crippen LogP contribution in [0, 0.1) is 0 Å². The second-order valence-electron chi connectivity index (χ2n) is 2.54. The van der Waals surface area contributed by atoms with Gasteiger partial charge in [-0.3, -0.25) is 0 Å². The molecule has 4 rings (SSSR count). The molecule has 0 aromatic carbocycles. The highest BCUT2D eigenvalue weighted by atomic mass is 32.1. The molecule has 0 aliphatic heterocycles. The lowest BCUT2D eigenvalue weighted by atomic mass is 10.8. The first-order valence-electron chi connectivity index (χ1n) is 5.08. The Morgan fingerprint density at radius 3 is 2.05 bits per heavy atom. The van der Waals surface area contributed by atoms with Gasteiger partial charge in [0.2, 0.25) is 0 Å². The molecule has 0 saturated heterocycles. The average molecular weight is 294 g/mol. The van der Waals surface area contributed by atoms with Crippen molar-refractivity contribution in [1.82, 2.24) is 30.1 Å². The van der Waals surface area contributed by atoms with E-state index in [1.165, 1.54) is 42.9 Å². The van der Waals surface area contributed by atoms with Crippen LogP contribution in [0.1, 0.15) is 0 Å². The van der Waals surface area contributed by atoms with E-state index < -0.39 is 0 Å². The van der Waals surface area contributed by atoms with Crippen molar-refractivity contribution in [2.24, 2.45) is 0 Å². The first-order chi connectivity index (χ1) is 10.0. The van der Waals surface area contributed by atoms with Gasteiger partial charge in [-0.25, -0.2) is 4.98 Å². The van der Waals surface area contributed by atoms with Gasteiger partial charge in [0.15, 0.2) is 6.39 Å². The van der Waals surface area contributed by atoms with Gasteiger partial charge < -0.3 is 13.5 Å². The molecular formula is C10H10N6O3S. The Kier molecular flexibility index (Phi) is 9.54. The van der Waals surface area contributed by atoms with Gasteiger partial charge in [0.05, 0.1) is 24.8 Å². The van der Waals surface area contributed by atoms with Crippen LogP contribution < -0.4 is 0 Å². The van der Waals surface area contributed by atoms with Crippen molar-refractivity contribution in [3.63, 3.8) is 0 Å². The Balaban J connectivity index is 0.000000133. The molecule has 0 unspecified atom stereocenters. The summed E-state index contributed by atoms with van der Waals surface area (Å²) in [5.41, 5.74) is 0. The fourth-order valence-corrected chi connectivity index (χ4v) is 0.896. The van der Waals surface area contributed by atoms with Crippen molar-refractivity contribution in [1.29, 1.82) is 0 Å². The van der Waals surface area contributed by atoms with Gasteiger partial charge in [-0.1, -0.05) is 9.64 Å². The van der Waals surface area contributed by atoms with E-state index in [0.717, 1.165) is 0 Å². The van der Waals surface area contributed by atoms with E-state index in [2.05, 4.69) is 43.6 Å². The van der Waals surface area contributed by atoms with Crippen molar-refractivity contribution in [3.8, 4) is 0 Å². The molecule has 0 radical (unpaired) electrons. The number of nitrogens with zero attached hydrogens (tertiary/aromatic N) is 6. The summed E-state index contributed by atoms with van der Waals surface area (Å²) in [7, 11) is 0. The Hall–Kier alpha value is -2.88. The minimum atomic E-state index is 1.35. The van der Waals surface area contributed by atoms with Crippen LogP contribution in [0.4, 0.5) is 0 Å². The molecule has 20 heavy (non-hydrogen) atoms. The van der Waals surface area contributed by atoms with Crippen LogP contribution in [0.5, 0.6) is 0 Å². The molecule has 4 aromatic rings. The maximum Gasteiger partial charge on any atom is 0.180 e. The van der Waals surface area contributed by atoms with E-state index in [-0.39, 0.29) is 0 Å². The normalized spacial score (nSPS) is 8.00. The summed E-state index contributed by atoms with van der Waals surface area (Å²) in [5, 5.41) is 15.1. The summed E-state index contributed by atoms with van der Waals surface area (Å²) < 4.78 is 16.5. The van der Waals surface area contributed by atoms with E-state index in [1.807, 2.05) is 5.38 Å². The van der Waals surface area contributed by atoms with Gasteiger partial charge in [0.25, 0.3) is 0 Å². The van der Waals surface area contributed by atoms with Crippen molar-refractivity contribution >= 4 is 11.5 Å². The van der Waals surface area contributed by atoms with Gasteiger partial charge in [0.1, 0.15) is 18.8 Å². The van der Waals surface area contributed by atoms with Gasteiger partial charge in [-0.05, 0) is 17.6 Å². The lowest BCUT2D eigenvalue weighted by Crippen LogP contribution is -1.53. The van der Waals surface area contributed by atoms with E-state index in [9.17, 15) is 0 Å². The zero-order valence-electron chi connectivity index (χ0n) is 10.1. The van der Waals surface area contributed by atoms with Crippen molar-refractivity contribution in [3.05, 3.63) is 61.4 Å². The highest BCUT2D eigenvalue weighted by Crippen LogP contribution is 1.78. The molecule has 0 aliphatic carbocycles. The van der Waals surface area contributed by atoms with Crippen LogP contribution in [0.3, 0.4) is 0 Å². The van der Waals surface area contributed by atoms with Crippen LogP contribution in [0.2, 0.25) is 0 Å². The van der Waals surface area contributed by atoms with E-state index in [1.54, 1.807) is 24.7 Å². The quantitative estimate of drug-likeness (QED) is 0.479. The average Bonchev–Trinajstić information content (AvgIpc) is 3.40. The fraction of sp³-hybridized carbons (Fsp3) is 0. The largest absolute Gasteiger partial charge is 0.452 e. The van der Waals surface area contributed by atoms with Crippen molar-refractivity contribution in [2.75, 3.05) is 0 Å². The van der Waals surface area contributed by atoms with Crippen molar-refractivity contribution < 1.29 is 13.5 Å². The fourth-order valence-electron chi connectivity index (χ4n) is 0.624. The maximum atomic E-state index is 4.47. The Morgan fingerprint density at radius 2 is 1.85 bits per heavy atom. The first kappa shape index (κ1) is 15.2. The number of rotatable bonds is 0. The molecule has 0 saturated carbocycles. The molecule has 104 valence electrons. The lowest BCUT2D eigenvalue weighted by Gasteiger charge is -1.48. The molecule has 0 aliphatic rings. The third kappa shape index (κ3) is 10.3. The molecule has 0 spiro atoms. The summed E-state index contributed by atoms with van der Waals surface area (Å²) in [6.07, 6.45) is 12.1. The maximum absolute atomic E-state index is 4.47. The van der Waals surface area contributed by atoms with E-state index in [4.69, 9.17) is 0 Å². The highest BCUT2D eigenvalue weighted by Gasteiger charge is 1.62. The van der Waals surface area contributed by atoms with Gasteiger partial charge in [0, 0.05) is 10.7 Å². The summed E-state index contributed by atoms with van der Waals surface area (Å²) in [5.74, 6) is 0. The van der Waals surface area contributed by atoms with Gasteiger partial charge >= 0.3 is 0 Å². The van der Waals surface area contributed by atoms with Gasteiger partial charge in [-0.15, -0.1) is 10.2 Å². The molecule has 0 amide bonds. The molecule has 10 heteroatoms. The molecule has 9 nitrogen and oxygen atoms in total. The minimum Gasteiger partial charge on any atom is -0.452 e. The second kappa shape index (κ2) is 12.6. The predicted octanol–water partition coefficient (Wildman–Crippen LogP) is 1.96. The smallest absolute Gasteiger partial charge is 0.180 e. The lowest BCUT2D eigenvalue weighted by molar-refractivity contribution is 0.393. The molecule has 0 bridgehead atoms. The standard InChI is InChI=1S/2C3H3NO.C2H2N2O.C2H2N2S/c1-2-5-3-4-1;1-2-4-5-3-1;2*1-2-5-4-3-1/h2*1-3H;2*1-2H. The predicted molar refractivity (Wildman–Crippen MR) is 67.2 cm³/mol. The van der Waals surface area contributed by atoms with E-state index in [0.29, 0.717) is 0 Å². The van der Waals surface area contributed by atoms with Crippen LogP contribution in [-0.4, -0.2) is 30.1 Å². The zero-order valence-corrected chi connectivity index (χ0v) is 10.9. The minimum absolute atomic E-state index is 1.35. The number of oxazole rings is 1. The monoisotopic (exact) mass is 294 g/mol. The summed E-state index contributed by atoms with van der Waals surface area (Å²) in [6, 6.07) is 1.72. The Bertz CT molecular complexity index is 364. The third-order valence-corrected chi connectivity index (χ3v) is 1.69. The molecule has 0 fully saturated rings. The zero-order chi connectivity index (χ0) is 14.1. The molecule has 4 heterocycles. The van der Waals surface area contributed by atoms with Crippen molar-refractivity contribution in [2.45, 2.75) is 0 Å². The van der Waals surface area contributed by atoms with Crippen LogP contribution in [0.25, 0.3) is 0 Å². The summed E-state index contributed by atoms with van der Waals surface area (Å²) in [6.45, 7) is 0. The Morgan fingerprint density at radius 1 is 0.850 bits per heavy atom. The second-order valence-corrected chi connectivity index (χ2v) is 3.19. The number of hydrogen-bond acceptors (Lipinski definition) is 10. The van der Waals surface area contributed by atoms with Gasteiger partial charge in [-0.2, -0.15) is 0 Å². The van der Waals surface area contributed by atoms with Crippen LogP contribution in [-0.2, 0) is 0 Å². The number of aromatic nitrogens is 6. The topological polar surface area (TPSA) is 117 Å². The molecule has 0 N–H and O–H groups in total. The summed E-state index contributed by atoms with van der Waals surface area (Å²) in [4.78, 5) is 3.56. The molecular weight excluding hydrogens is 284 g/mol. The first-order valence-corrected chi connectivity index (χ1v) is 5.92. The van der Waals surface area contributed by atoms with Crippen LogP contribution in [0.15, 0.2) is 74.9 Å². The van der Waals surface area contributed by atoms with E-state index >= 15 is 0 Å². The molecule has 0 atom stereocenters. The van der Waals surface area contributed by atoms with Crippen LogP contribution >= 0.6 is 11.5 Å². The highest BCUT2D eigenvalue weighted by molar-refractivity contribution is 7.03. The Labute approximate surface area is 117 Å². The summed E-state index contributed by atoms with van der Waals surface area (Å²) >= 11 is 1.35.